The molecule has 2 atom stereocenters. The first-order chi connectivity index (χ1) is 8.90. The molecule has 1 saturated heterocycles. The molecule has 19 heavy (non-hydrogen) atoms. The lowest BCUT2D eigenvalue weighted by Gasteiger charge is -2.37. The minimum Gasteiger partial charge on any atom is -0.438 e. The fraction of sp³-hybridized carbons (Fsp3) is 0.533. The lowest BCUT2D eigenvalue weighted by Crippen LogP contribution is -2.56. The number of hydrogen-bond donors (Lipinski definition) is 1. The van der Waals surface area contributed by atoms with E-state index in [0.717, 1.165) is 12.0 Å². The summed E-state index contributed by atoms with van der Waals surface area (Å²) in [6.45, 7) is 5.90. The Bertz CT molecular complexity index is 458. The molecule has 4 nitrogen and oxygen atoms in total. The summed E-state index contributed by atoms with van der Waals surface area (Å²) in [5, 5.41) is 10.7. The van der Waals surface area contributed by atoms with E-state index >= 15 is 0 Å². The van der Waals surface area contributed by atoms with Gasteiger partial charge in [0.1, 0.15) is 0 Å². The quantitative estimate of drug-likeness (QED) is 0.908. The summed E-state index contributed by atoms with van der Waals surface area (Å²) in [7, 11) is 0. The third kappa shape index (κ3) is 2.32. The Morgan fingerprint density at radius 1 is 1.26 bits per heavy atom. The van der Waals surface area contributed by atoms with Crippen LogP contribution in [0.25, 0.3) is 0 Å². The number of nitrogens with zero attached hydrogens (tertiary/aromatic N) is 1. The fourth-order valence-corrected chi connectivity index (χ4v) is 2.53. The fourth-order valence-electron chi connectivity index (χ4n) is 2.53. The molecule has 0 saturated carbocycles. The normalized spacial score (nSPS) is 30.5. The van der Waals surface area contributed by atoms with E-state index in [1.165, 1.54) is 4.90 Å². The summed E-state index contributed by atoms with van der Waals surface area (Å²) in [6, 6.07) is 9.76. The van der Waals surface area contributed by atoms with Crippen LogP contribution in [0.15, 0.2) is 30.3 Å². The minimum atomic E-state index is -1.30. The van der Waals surface area contributed by atoms with Crippen molar-refractivity contribution in [1.82, 2.24) is 4.90 Å². The lowest BCUT2D eigenvalue weighted by molar-refractivity contribution is -0.135. The molecule has 1 heterocycles. The topological polar surface area (TPSA) is 49.8 Å². The molecule has 0 unspecified atom stereocenters. The second kappa shape index (κ2) is 4.85. The molecule has 2 rings (SSSR count). The average molecular weight is 263 g/mol. The summed E-state index contributed by atoms with van der Waals surface area (Å²) in [6.07, 6.45) is 0.838. The van der Waals surface area contributed by atoms with Gasteiger partial charge in [0.05, 0.1) is 0 Å². The van der Waals surface area contributed by atoms with Crippen LogP contribution < -0.4 is 0 Å². The first-order valence-electron chi connectivity index (χ1n) is 6.67. The van der Waals surface area contributed by atoms with Gasteiger partial charge < -0.3 is 9.84 Å². The van der Waals surface area contributed by atoms with E-state index in [1.807, 2.05) is 37.3 Å². The number of carbonyl (C=O) groups excluding carboxylic acids is 1. The van der Waals surface area contributed by atoms with Crippen molar-refractivity contribution >= 4 is 6.09 Å². The molecular formula is C15H21NO3. The zero-order chi connectivity index (χ0) is 14.1. The van der Waals surface area contributed by atoms with Crippen LogP contribution in [0.5, 0.6) is 0 Å². The molecule has 4 heteroatoms. The maximum Gasteiger partial charge on any atom is 0.412 e. The Labute approximate surface area is 114 Å². The number of ether oxygens (including phenoxy) is 1. The number of amides is 1. The second-order valence-corrected chi connectivity index (χ2v) is 5.43. The van der Waals surface area contributed by atoms with E-state index in [9.17, 15) is 9.90 Å². The minimum absolute atomic E-state index is 0.440. The Hall–Kier alpha value is -1.55. The molecule has 1 amide bonds. The predicted octanol–water partition coefficient (Wildman–Crippen LogP) is 2.56. The maximum atomic E-state index is 11.9. The lowest BCUT2D eigenvalue weighted by atomic mass is 9.86. The first-order valence-corrected chi connectivity index (χ1v) is 6.67. The molecule has 1 aromatic rings. The van der Waals surface area contributed by atoms with Crippen LogP contribution in [0.1, 0.15) is 32.8 Å². The Morgan fingerprint density at radius 2 is 1.89 bits per heavy atom. The molecule has 0 spiro atoms. The molecule has 0 aromatic heterocycles. The van der Waals surface area contributed by atoms with Gasteiger partial charge in [0.2, 0.25) is 0 Å². The predicted molar refractivity (Wildman–Crippen MR) is 72.7 cm³/mol. The second-order valence-electron chi connectivity index (χ2n) is 5.43. The van der Waals surface area contributed by atoms with Crippen molar-refractivity contribution < 1.29 is 14.6 Å². The molecule has 1 aliphatic heterocycles. The number of benzene rings is 1. The molecule has 1 fully saturated rings. The molecule has 1 N–H and O–H groups in total. The SMILES string of the molecule is CCCN1C(=O)O[C@@](C)(Cc2ccccc2)[C@]1(C)O. The van der Waals surface area contributed by atoms with Crippen LogP contribution in [-0.2, 0) is 11.2 Å². The monoisotopic (exact) mass is 263 g/mol. The summed E-state index contributed by atoms with van der Waals surface area (Å²) < 4.78 is 5.47. The summed E-state index contributed by atoms with van der Waals surface area (Å²) >= 11 is 0. The third-order valence-electron chi connectivity index (χ3n) is 3.89. The molecule has 0 radical (unpaired) electrons. The van der Waals surface area contributed by atoms with E-state index in [2.05, 4.69) is 0 Å². The van der Waals surface area contributed by atoms with Crippen LogP contribution in [0.4, 0.5) is 4.79 Å². The van der Waals surface area contributed by atoms with Crippen molar-refractivity contribution in [2.45, 2.75) is 44.9 Å². The average Bonchev–Trinajstić information content (AvgIpc) is 2.51. The molecular weight excluding hydrogens is 242 g/mol. The largest absolute Gasteiger partial charge is 0.438 e. The highest BCUT2D eigenvalue weighted by Crippen LogP contribution is 2.39. The molecule has 1 aliphatic rings. The van der Waals surface area contributed by atoms with Crippen molar-refractivity contribution in [2.24, 2.45) is 0 Å². The van der Waals surface area contributed by atoms with Gasteiger partial charge in [-0.05, 0) is 25.8 Å². The maximum absolute atomic E-state index is 11.9. The van der Waals surface area contributed by atoms with Gasteiger partial charge in [0, 0.05) is 13.0 Å². The third-order valence-corrected chi connectivity index (χ3v) is 3.89. The molecule has 0 bridgehead atoms. The van der Waals surface area contributed by atoms with Crippen LogP contribution in [0.2, 0.25) is 0 Å². The van der Waals surface area contributed by atoms with E-state index < -0.39 is 17.4 Å². The van der Waals surface area contributed by atoms with Crippen molar-refractivity contribution in [3.8, 4) is 0 Å². The van der Waals surface area contributed by atoms with Gasteiger partial charge in [-0.2, -0.15) is 0 Å². The van der Waals surface area contributed by atoms with Gasteiger partial charge in [-0.25, -0.2) is 4.79 Å². The van der Waals surface area contributed by atoms with Crippen LogP contribution >= 0.6 is 0 Å². The smallest absolute Gasteiger partial charge is 0.412 e. The number of cyclic esters (lactones) is 1. The Kier molecular flexibility index (Phi) is 3.54. The Morgan fingerprint density at radius 3 is 2.47 bits per heavy atom. The highest BCUT2D eigenvalue weighted by Gasteiger charge is 2.58. The van der Waals surface area contributed by atoms with Gasteiger partial charge in [0.15, 0.2) is 11.3 Å². The van der Waals surface area contributed by atoms with Gasteiger partial charge in [-0.1, -0.05) is 37.3 Å². The van der Waals surface area contributed by atoms with E-state index in [4.69, 9.17) is 4.74 Å². The summed E-state index contributed by atoms with van der Waals surface area (Å²) in [5.41, 5.74) is -1.19. The summed E-state index contributed by atoms with van der Waals surface area (Å²) in [4.78, 5) is 13.3. The van der Waals surface area contributed by atoms with E-state index in [1.54, 1.807) is 13.8 Å². The zero-order valence-corrected chi connectivity index (χ0v) is 11.7. The Balaban J connectivity index is 2.26. The van der Waals surface area contributed by atoms with E-state index in [-0.39, 0.29) is 0 Å². The van der Waals surface area contributed by atoms with Crippen LogP contribution in [0.3, 0.4) is 0 Å². The summed E-state index contributed by atoms with van der Waals surface area (Å²) in [5.74, 6) is 0. The number of rotatable bonds is 4. The molecule has 1 aromatic carbocycles. The van der Waals surface area contributed by atoms with Crippen LogP contribution in [-0.4, -0.2) is 34.0 Å². The molecule has 104 valence electrons. The van der Waals surface area contributed by atoms with Gasteiger partial charge in [-0.15, -0.1) is 0 Å². The molecule has 0 aliphatic carbocycles. The number of aliphatic hydroxyl groups is 1. The van der Waals surface area contributed by atoms with Crippen molar-refractivity contribution in [2.75, 3.05) is 6.54 Å². The number of carbonyl (C=O) groups is 1. The zero-order valence-electron chi connectivity index (χ0n) is 11.7. The highest BCUT2D eigenvalue weighted by molar-refractivity contribution is 5.72. The van der Waals surface area contributed by atoms with Crippen molar-refractivity contribution in [3.05, 3.63) is 35.9 Å². The van der Waals surface area contributed by atoms with Gasteiger partial charge in [-0.3, -0.25) is 4.90 Å². The van der Waals surface area contributed by atoms with Gasteiger partial charge in [0.25, 0.3) is 0 Å². The first kappa shape index (κ1) is 13.9. The standard InChI is InChI=1S/C15H21NO3/c1-4-10-16-13(17)19-14(2,15(16,3)18)11-12-8-6-5-7-9-12/h5-9,18H,4,10-11H2,1-3H3/t14-,15-/m0/s1. The van der Waals surface area contributed by atoms with Crippen molar-refractivity contribution in [1.29, 1.82) is 0 Å². The highest BCUT2D eigenvalue weighted by atomic mass is 16.6. The number of hydrogen-bond acceptors (Lipinski definition) is 3. The van der Waals surface area contributed by atoms with Crippen molar-refractivity contribution in [3.63, 3.8) is 0 Å². The van der Waals surface area contributed by atoms with Gasteiger partial charge >= 0.3 is 6.09 Å². The van der Waals surface area contributed by atoms with Crippen LogP contribution in [0, 0.1) is 0 Å². The van der Waals surface area contributed by atoms with E-state index in [0.29, 0.717) is 13.0 Å².